The average molecular weight is 929 g/mol. The second-order valence-corrected chi connectivity index (χ2v) is 12.5. The molecule has 0 spiro atoms. The molecule has 0 unspecified atom stereocenters. The van der Waals surface area contributed by atoms with E-state index in [0.29, 0.717) is 26.8 Å². The molecule has 14 heteroatoms. The first-order valence-electron chi connectivity index (χ1n) is 8.44. The van der Waals surface area contributed by atoms with Crippen LogP contribution in [0.2, 0.25) is 20.1 Å². The Kier molecular flexibility index (Phi) is 10.3. The summed E-state index contributed by atoms with van der Waals surface area (Å²) in [6.45, 7) is 0. The van der Waals surface area contributed by atoms with Crippen molar-refractivity contribution in [2.75, 3.05) is 0 Å². The molecule has 34 heavy (non-hydrogen) atoms. The molecule has 0 N–H and O–H groups in total. The Morgan fingerprint density at radius 2 is 0.853 bits per heavy atom. The molecule has 3 aromatic rings. The molecule has 0 bridgehead atoms. The molecule has 0 aromatic heterocycles. The number of halogens is 10. The van der Waals surface area contributed by atoms with Gasteiger partial charge in [-0.05, 0) is 120 Å². The largest absolute Gasteiger partial charge is 0.422 e. The summed E-state index contributed by atoms with van der Waals surface area (Å²) in [4.78, 5) is 26.4. The summed E-state index contributed by atoms with van der Waals surface area (Å²) in [6.07, 6.45) is 0. The molecule has 0 aliphatic rings. The maximum atomic E-state index is 13.2. The van der Waals surface area contributed by atoms with E-state index in [1.54, 1.807) is 12.1 Å². The highest BCUT2D eigenvalue weighted by Gasteiger charge is 2.32. The van der Waals surface area contributed by atoms with Gasteiger partial charge in [0, 0.05) is 17.9 Å². The van der Waals surface area contributed by atoms with Crippen molar-refractivity contribution in [3.8, 4) is 11.5 Å². The molecule has 0 amide bonds. The van der Waals surface area contributed by atoms with Crippen LogP contribution < -0.4 is 9.47 Å². The van der Waals surface area contributed by atoms with Gasteiger partial charge in [-0.25, -0.2) is 9.59 Å². The first kappa shape index (κ1) is 29.2. The highest BCUT2D eigenvalue weighted by atomic mass is 79.9. The highest BCUT2D eigenvalue weighted by Crippen LogP contribution is 2.44. The lowest BCUT2D eigenvalue weighted by Gasteiger charge is -2.16. The van der Waals surface area contributed by atoms with Gasteiger partial charge in [0.15, 0.2) is 0 Å². The van der Waals surface area contributed by atoms with E-state index >= 15 is 0 Å². The molecule has 3 rings (SSSR count). The van der Waals surface area contributed by atoms with Crippen molar-refractivity contribution >= 4 is 154 Å². The van der Waals surface area contributed by atoms with Gasteiger partial charge in [0.2, 0.25) is 0 Å². The number of esters is 2. The van der Waals surface area contributed by atoms with Crippen molar-refractivity contribution < 1.29 is 19.1 Å². The van der Waals surface area contributed by atoms with Crippen molar-refractivity contribution in [1.82, 2.24) is 0 Å². The zero-order valence-corrected chi connectivity index (χ0v) is 28.3. The third-order valence-electron chi connectivity index (χ3n) is 4.08. The SMILES string of the molecule is O=C(Oc1ccc(Br)c(Br)c1Br)c1c(Cl)c(Cl)c(Cl)c(Cl)c1C(=O)Oc1ccc(Br)c(Br)c1Br. The van der Waals surface area contributed by atoms with Crippen molar-refractivity contribution in [3.63, 3.8) is 0 Å². The van der Waals surface area contributed by atoms with Crippen LogP contribution in [0.25, 0.3) is 0 Å². The second-order valence-electron chi connectivity index (χ2n) is 6.13. The van der Waals surface area contributed by atoms with Crippen molar-refractivity contribution in [2.24, 2.45) is 0 Å². The topological polar surface area (TPSA) is 52.6 Å². The smallest absolute Gasteiger partial charge is 0.346 e. The molecular weight excluding hydrogens is 925 g/mol. The Morgan fingerprint density at radius 1 is 0.529 bits per heavy atom. The van der Waals surface area contributed by atoms with E-state index in [9.17, 15) is 9.59 Å². The molecule has 0 atom stereocenters. The molecule has 0 aliphatic heterocycles. The van der Waals surface area contributed by atoms with Crippen molar-refractivity contribution in [1.29, 1.82) is 0 Å². The number of ether oxygens (including phenoxy) is 2. The Hall–Kier alpha value is 0.640. The fourth-order valence-electron chi connectivity index (χ4n) is 2.49. The standard InChI is InChI=1S/C20H4Br6Cl4O4/c21-5-1-3-7(13(25)11(5)23)33-19(31)9-10(16(28)18(30)17(29)15(9)27)20(32)34-8-4-2-6(22)12(24)14(8)26/h1-4H. The summed E-state index contributed by atoms with van der Waals surface area (Å²) in [7, 11) is 0. The average Bonchev–Trinajstić information content (AvgIpc) is 2.80. The minimum atomic E-state index is -1.01. The van der Waals surface area contributed by atoms with E-state index in [-0.39, 0.29) is 31.6 Å². The lowest BCUT2D eigenvalue weighted by Crippen LogP contribution is -2.19. The van der Waals surface area contributed by atoms with Gasteiger partial charge >= 0.3 is 11.9 Å². The Balaban J connectivity index is 2.12. The van der Waals surface area contributed by atoms with Crippen molar-refractivity contribution in [2.45, 2.75) is 0 Å². The summed E-state index contributed by atoms with van der Waals surface area (Å²) >= 11 is 45.1. The first-order valence-corrected chi connectivity index (χ1v) is 14.7. The maximum absolute atomic E-state index is 13.2. The van der Waals surface area contributed by atoms with Crippen LogP contribution >= 0.6 is 142 Å². The molecule has 178 valence electrons. The summed E-state index contributed by atoms with van der Waals surface area (Å²) in [5.41, 5.74) is -0.825. The third-order valence-corrected chi connectivity index (χ3v) is 12.6. The van der Waals surface area contributed by atoms with Gasteiger partial charge in [0.05, 0.1) is 40.2 Å². The lowest BCUT2D eigenvalue weighted by molar-refractivity contribution is 0.0691. The quantitative estimate of drug-likeness (QED) is 0.113. The van der Waals surface area contributed by atoms with Gasteiger partial charge in [-0.3, -0.25) is 0 Å². The van der Waals surface area contributed by atoms with Gasteiger partial charge in [-0.2, -0.15) is 0 Å². The Labute approximate surface area is 263 Å². The van der Waals surface area contributed by atoms with E-state index in [4.69, 9.17) is 55.9 Å². The van der Waals surface area contributed by atoms with Gasteiger partial charge in [0.1, 0.15) is 11.5 Å². The number of benzene rings is 3. The van der Waals surface area contributed by atoms with Crippen LogP contribution in [0.5, 0.6) is 11.5 Å². The van der Waals surface area contributed by atoms with Gasteiger partial charge in [-0.1, -0.05) is 46.4 Å². The third kappa shape index (κ3) is 5.87. The molecular formula is C20H4Br6Cl4O4. The summed E-state index contributed by atoms with van der Waals surface area (Å²) in [5, 5.41) is -1.09. The molecule has 0 saturated heterocycles. The van der Waals surface area contributed by atoms with Gasteiger partial charge < -0.3 is 9.47 Å². The molecule has 0 radical (unpaired) electrons. The van der Waals surface area contributed by atoms with Gasteiger partial charge in [-0.15, -0.1) is 0 Å². The summed E-state index contributed by atoms with van der Waals surface area (Å²) < 4.78 is 14.5. The Morgan fingerprint density at radius 3 is 1.18 bits per heavy atom. The fraction of sp³-hybridized carbons (Fsp3) is 0. The monoisotopic (exact) mass is 921 g/mol. The van der Waals surface area contributed by atoms with E-state index in [0.717, 1.165) is 0 Å². The van der Waals surface area contributed by atoms with Crippen LogP contribution in [-0.2, 0) is 0 Å². The zero-order valence-electron chi connectivity index (χ0n) is 15.7. The number of hydrogen-bond donors (Lipinski definition) is 0. The van der Waals surface area contributed by atoms with E-state index in [1.165, 1.54) is 12.1 Å². The van der Waals surface area contributed by atoms with Crippen LogP contribution in [0, 0.1) is 0 Å². The highest BCUT2D eigenvalue weighted by molar-refractivity contribution is 9.15. The van der Waals surface area contributed by atoms with Gasteiger partial charge in [0.25, 0.3) is 0 Å². The molecule has 0 saturated carbocycles. The van der Waals surface area contributed by atoms with Crippen molar-refractivity contribution in [3.05, 3.63) is 82.3 Å². The van der Waals surface area contributed by atoms with Crippen LogP contribution in [0.4, 0.5) is 0 Å². The Bertz CT molecular complexity index is 1260. The van der Waals surface area contributed by atoms with E-state index < -0.39 is 23.1 Å². The number of carbonyl (C=O) groups is 2. The molecule has 0 aliphatic carbocycles. The lowest BCUT2D eigenvalue weighted by atomic mass is 10.1. The summed E-state index contributed by atoms with van der Waals surface area (Å²) in [6, 6.07) is 6.36. The van der Waals surface area contributed by atoms with E-state index in [1.807, 2.05) is 0 Å². The summed E-state index contributed by atoms with van der Waals surface area (Å²) in [5.74, 6) is -1.75. The van der Waals surface area contributed by atoms with Crippen LogP contribution in [0.3, 0.4) is 0 Å². The normalized spacial score (nSPS) is 10.9. The fourth-order valence-corrected chi connectivity index (χ4v) is 6.20. The van der Waals surface area contributed by atoms with E-state index in [2.05, 4.69) is 95.6 Å². The van der Waals surface area contributed by atoms with Crippen LogP contribution in [-0.4, -0.2) is 11.9 Å². The minimum absolute atomic E-state index is 0.136. The number of rotatable bonds is 4. The number of carbonyl (C=O) groups excluding carboxylic acids is 2. The predicted octanol–water partition coefficient (Wildman–Crippen LogP) is 11.3. The van der Waals surface area contributed by atoms with Crippen LogP contribution in [0.1, 0.15) is 20.7 Å². The first-order chi connectivity index (χ1) is 15.9. The molecule has 0 fully saturated rings. The molecule has 3 aromatic carbocycles. The predicted molar refractivity (Wildman–Crippen MR) is 155 cm³/mol. The molecule has 4 nitrogen and oxygen atoms in total. The minimum Gasteiger partial charge on any atom is -0.422 e. The second kappa shape index (κ2) is 12.0. The molecule has 0 heterocycles. The van der Waals surface area contributed by atoms with Crippen LogP contribution in [0.15, 0.2) is 51.1 Å². The maximum Gasteiger partial charge on any atom is 0.346 e. The zero-order chi connectivity index (χ0) is 25.5. The number of hydrogen-bond acceptors (Lipinski definition) is 4.